The highest BCUT2D eigenvalue weighted by molar-refractivity contribution is 5.18. The van der Waals surface area contributed by atoms with Crippen LogP contribution in [0.2, 0.25) is 0 Å². The minimum absolute atomic E-state index is 0.544. The molecule has 3 heteroatoms. The van der Waals surface area contributed by atoms with Gasteiger partial charge in [0.25, 0.3) is 0 Å². The number of hydrogen-bond acceptors (Lipinski definition) is 3. The molecule has 0 aliphatic carbocycles. The molecule has 3 nitrogen and oxygen atoms in total. The zero-order valence-electron chi connectivity index (χ0n) is 6.32. The largest absolute Gasteiger partial charge is 0.350 e. The van der Waals surface area contributed by atoms with Crippen LogP contribution in [-0.2, 0) is 10.6 Å². The molecule has 1 unspecified atom stereocenters. The first-order valence-corrected chi connectivity index (χ1v) is 3.29. The average Bonchev–Trinajstić information content (AvgIpc) is 2.06. The number of aliphatic hydroxyl groups is 1. The molecule has 11 heavy (non-hydrogen) atoms. The molecule has 1 rings (SSSR count). The van der Waals surface area contributed by atoms with Gasteiger partial charge in [0.15, 0.2) is 0 Å². The van der Waals surface area contributed by atoms with Crippen LogP contribution in [0.5, 0.6) is 0 Å². The first-order chi connectivity index (χ1) is 5.17. The molecule has 0 aromatic heterocycles. The molecule has 0 heterocycles. The summed E-state index contributed by atoms with van der Waals surface area (Å²) < 4.78 is 4.66. The van der Waals surface area contributed by atoms with Gasteiger partial charge in [-0.1, -0.05) is 30.3 Å². The van der Waals surface area contributed by atoms with E-state index in [1.165, 1.54) is 7.11 Å². The molecule has 60 valence electrons. The zero-order chi connectivity index (χ0) is 8.32. The Morgan fingerprint density at radius 3 is 2.36 bits per heavy atom. The normalized spacial score (nSPS) is 15.9. The number of hydrogen-bond donors (Lipinski definition) is 2. The van der Waals surface area contributed by atoms with Crippen molar-refractivity contribution in [1.82, 2.24) is 0 Å². The lowest BCUT2D eigenvalue weighted by Crippen LogP contribution is -2.38. The molecule has 0 radical (unpaired) electrons. The van der Waals surface area contributed by atoms with E-state index in [4.69, 9.17) is 5.73 Å². The van der Waals surface area contributed by atoms with E-state index in [1.807, 2.05) is 6.07 Å². The van der Waals surface area contributed by atoms with E-state index < -0.39 is 5.91 Å². The van der Waals surface area contributed by atoms with Crippen molar-refractivity contribution in [3.8, 4) is 0 Å². The van der Waals surface area contributed by atoms with Crippen molar-refractivity contribution in [2.75, 3.05) is 7.11 Å². The summed E-state index contributed by atoms with van der Waals surface area (Å²) in [5.41, 5.74) is 5.91. The summed E-state index contributed by atoms with van der Waals surface area (Å²) in [5.74, 6) is -1.67. The van der Waals surface area contributed by atoms with Crippen molar-refractivity contribution in [3.63, 3.8) is 0 Å². The molecule has 0 fully saturated rings. The number of ether oxygens (including phenoxy) is 1. The van der Waals surface area contributed by atoms with Crippen molar-refractivity contribution in [2.24, 2.45) is 5.73 Å². The Labute approximate surface area is 65.4 Å². The minimum atomic E-state index is -1.67. The van der Waals surface area contributed by atoms with Crippen molar-refractivity contribution in [1.29, 1.82) is 0 Å². The van der Waals surface area contributed by atoms with Crippen LogP contribution in [0.3, 0.4) is 0 Å². The van der Waals surface area contributed by atoms with Gasteiger partial charge < -0.3 is 9.84 Å². The van der Waals surface area contributed by atoms with E-state index in [-0.39, 0.29) is 0 Å². The fourth-order valence-corrected chi connectivity index (χ4v) is 0.795. The van der Waals surface area contributed by atoms with Crippen molar-refractivity contribution in [2.45, 2.75) is 5.91 Å². The Hall–Kier alpha value is -0.900. The minimum Gasteiger partial charge on any atom is -0.350 e. The van der Waals surface area contributed by atoms with E-state index in [0.29, 0.717) is 5.56 Å². The van der Waals surface area contributed by atoms with Crippen LogP contribution in [-0.4, -0.2) is 12.2 Å². The smallest absolute Gasteiger partial charge is 0.250 e. The first-order valence-electron chi connectivity index (χ1n) is 3.29. The summed E-state index contributed by atoms with van der Waals surface area (Å²) in [6, 6.07) is 8.81. The van der Waals surface area contributed by atoms with Crippen molar-refractivity contribution in [3.05, 3.63) is 35.9 Å². The van der Waals surface area contributed by atoms with E-state index in [1.54, 1.807) is 24.3 Å². The fourth-order valence-electron chi connectivity index (χ4n) is 0.795. The Kier molecular flexibility index (Phi) is 2.24. The third-order valence-electron chi connectivity index (χ3n) is 1.50. The van der Waals surface area contributed by atoms with E-state index in [2.05, 4.69) is 4.74 Å². The molecule has 1 atom stereocenters. The van der Waals surface area contributed by atoms with Gasteiger partial charge in [0.1, 0.15) is 0 Å². The third-order valence-corrected chi connectivity index (χ3v) is 1.50. The fraction of sp³-hybridized carbons (Fsp3) is 0.250. The predicted molar refractivity (Wildman–Crippen MR) is 41.5 cm³/mol. The molecule has 0 spiro atoms. The van der Waals surface area contributed by atoms with E-state index >= 15 is 0 Å². The lowest BCUT2D eigenvalue weighted by molar-refractivity contribution is -0.189. The van der Waals surface area contributed by atoms with Crippen LogP contribution in [0.15, 0.2) is 30.3 Å². The second kappa shape index (κ2) is 3.00. The molecular weight excluding hydrogens is 142 g/mol. The first kappa shape index (κ1) is 8.20. The average molecular weight is 153 g/mol. The lowest BCUT2D eigenvalue weighted by Gasteiger charge is -2.20. The zero-order valence-corrected chi connectivity index (χ0v) is 6.32. The van der Waals surface area contributed by atoms with Crippen LogP contribution in [0, 0.1) is 0 Å². The van der Waals surface area contributed by atoms with Gasteiger partial charge in [-0.15, -0.1) is 0 Å². The molecule has 0 saturated heterocycles. The monoisotopic (exact) mass is 153 g/mol. The Bertz CT molecular complexity index is 221. The molecule has 0 amide bonds. The summed E-state index contributed by atoms with van der Waals surface area (Å²) in [4.78, 5) is 0. The Morgan fingerprint density at radius 1 is 1.36 bits per heavy atom. The topological polar surface area (TPSA) is 55.5 Å². The van der Waals surface area contributed by atoms with Gasteiger partial charge in [0, 0.05) is 12.7 Å². The second-order valence-corrected chi connectivity index (χ2v) is 2.27. The van der Waals surface area contributed by atoms with Gasteiger partial charge in [-0.25, -0.2) is 0 Å². The van der Waals surface area contributed by atoms with Crippen LogP contribution in [0.4, 0.5) is 0 Å². The number of nitrogens with two attached hydrogens (primary N) is 1. The summed E-state index contributed by atoms with van der Waals surface area (Å²) in [7, 11) is 1.35. The maximum atomic E-state index is 9.35. The molecule has 0 aliphatic rings. The van der Waals surface area contributed by atoms with Gasteiger partial charge in [0.2, 0.25) is 5.91 Å². The number of rotatable bonds is 2. The van der Waals surface area contributed by atoms with Gasteiger partial charge in [0.05, 0.1) is 0 Å². The highest BCUT2D eigenvalue weighted by Crippen LogP contribution is 2.13. The summed E-state index contributed by atoms with van der Waals surface area (Å²) in [6.45, 7) is 0. The van der Waals surface area contributed by atoms with Gasteiger partial charge in [-0.05, 0) is 0 Å². The molecule has 1 aromatic carbocycles. The summed E-state index contributed by atoms with van der Waals surface area (Å²) in [5, 5.41) is 9.35. The molecule has 1 aromatic rings. The van der Waals surface area contributed by atoms with Crippen LogP contribution >= 0.6 is 0 Å². The third kappa shape index (κ3) is 1.77. The Balaban J connectivity index is 2.93. The van der Waals surface area contributed by atoms with Crippen LogP contribution in [0.1, 0.15) is 5.56 Å². The molecular formula is C8H11NO2. The predicted octanol–water partition coefficient (Wildman–Crippen LogP) is 0.394. The molecule has 0 aliphatic heterocycles. The number of methoxy groups -OCH3 is 1. The molecule has 0 bridgehead atoms. The van der Waals surface area contributed by atoms with E-state index in [9.17, 15) is 5.11 Å². The lowest BCUT2D eigenvalue weighted by atomic mass is 10.2. The molecule has 0 saturated carbocycles. The summed E-state index contributed by atoms with van der Waals surface area (Å²) >= 11 is 0. The highest BCUT2D eigenvalue weighted by atomic mass is 16.6. The van der Waals surface area contributed by atoms with Crippen LogP contribution < -0.4 is 5.73 Å². The SMILES string of the molecule is COC(N)(O)c1ccccc1. The van der Waals surface area contributed by atoms with Gasteiger partial charge in [-0.2, -0.15) is 0 Å². The molecule has 3 N–H and O–H groups in total. The second-order valence-electron chi connectivity index (χ2n) is 2.27. The highest BCUT2D eigenvalue weighted by Gasteiger charge is 2.21. The van der Waals surface area contributed by atoms with Crippen molar-refractivity contribution >= 4 is 0 Å². The number of benzene rings is 1. The maximum absolute atomic E-state index is 9.35. The van der Waals surface area contributed by atoms with Crippen LogP contribution in [0.25, 0.3) is 0 Å². The van der Waals surface area contributed by atoms with E-state index in [0.717, 1.165) is 0 Å². The van der Waals surface area contributed by atoms with Gasteiger partial charge >= 0.3 is 0 Å². The standard InChI is InChI=1S/C8H11NO2/c1-11-8(9,10)7-5-3-2-4-6-7/h2-6,10H,9H2,1H3. The quantitative estimate of drug-likeness (QED) is 0.604. The summed E-state index contributed by atoms with van der Waals surface area (Å²) in [6.07, 6.45) is 0. The van der Waals surface area contributed by atoms with Crippen molar-refractivity contribution < 1.29 is 9.84 Å². The Morgan fingerprint density at radius 2 is 1.91 bits per heavy atom. The maximum Gasteiger partial charge on any atom is 0.250 e. The van der Waals surface area contributed by atoms with Gasteiger partial charge in [-0.3, -0.25) is 5.73 Å².